The predicted molar refractivity (Wildman–Crippen MR) is 80.0 cm³/mol. The molecule has 0 saturated heterocycles. The fourth-order valence-corrected chi connectivity index (χ4v) is 2.82. The molecule has 0 aliphatic carbocycles. The molecule has 0 heterocycles. The maximum absolute atomic E-state index is 13.0. The molecule has 1 atom stereocenters. The van der Waals surface area contributed by atoms with E-state index in [4.69, 9.17) is 34.8 Å². The van der Waals surface area contributed by atoms with Crippen LogP contribution in [-0.2, 0) is 6.42 Å². The number of benzene rings is 2. The van der Waals surface area contributed by atoms with E-state index >= 15 is 0 Å². The molecule has 1 unspecified atom stereocenters. The largest absolute Gasteiger partial charge is 0.207 e. The summed E-state index contributed by atoms with van der Waals surface area (Å²) in [5, 5.41) is 1.11. The summed E-state index contributed by atoms with van der Waals surface area (Å²) in [4.78, 5) is 0. The standard InChI is InChI=1S/C15H12Cl3F/c16-9-11(13-3-1-2-4-14(13)17)7-10-5-6-12(19)8-15(10)18/h1-6,8,11H,7,9H2. The van der Waals surface area contributed by atoms with Crippen LogP contribution in [0.4, 0.5) is 4.39 Å². The van der Waals surface area contributed by atoms with Crippen molar-refractivity contribution in [2.45, 2.75) is 12.3 Å². The van der Waals surface area contributed by atoms with Gasteiger partial charge in [0.1, 0.15) is 5.82 Å². The topological polar surface area (TPSA) is 0 Å². The molecule has 0 saturated carbocycles. The summed E-state index contributed by atoms with van der Waals surface area (Å²) in [6, 6.07) is 12.0. The van der Waals surface area contributed by atoms with Gasteiger partial charge in [-0.1, -0.05) is 47.5 Å². The Morgan fingerprint density at radius 2 is 1.74 bits per heavy atom. The van der Waals surface area contributed by atoms with Crippen molar-refractivity contribution in [3.05, 3.63) is 69.5 Å². The fourth-order valence-electron chi connectivity index (χ4n) is 2.01. The Morgan fingerprint density at radius 1 is 1.00 bits per heavy atom. The minimum absolute atomic E-state index is 0.0540. The lowest BCUT2D eigenvalue weighted by atomic mass is 9.93. The van der Waals surface area contributed by atoms with Gasteiger partial charge in [0.25, 0.3) is 0 Å². The van der Waals surface area contributed by atoms with Crippen LogP contribution in [0.5, 0.6) is 0 Å². The second kappa shape index (κ2) is 6.60. The number of alkyl halides is 1. The SMILES string of the molecule is Fc1ccc(CC(CCl)c2ccccc2Cl)c(Cl)c1. The first-order valence-corrected chi connectivity index (χ1v) is 7.15. The first kappa shape index (κ1) is 14.6. The molecule has 0 aliphatic rings. The van der Waals surface area contributed by atoms with Crippen molar-refractivity contribution < 1.29 is 4.39 Å². The zero-order chi connectivity index (χ0) is 13.8. The van der Waals surface area contributed by atoms with Crippen LogP contribution in [0, 0.1) is 5.82 Å². The molecule has 0 spiro atoms. The molecule has 0 fully saturated rings. The van der Waals surface area contributed by atoms with Crippen molar-refractivity contribution in [3.63, 3.8) is 0 Å². The second-order valence-electron chi connectivity index (χ2n) is 4.31. The monoisotopic (exact) mass is 316 g/mol. The zero-order valence-corrected chi connectivity index (χ0v) is 12.3. The van der Waals surface area contributed by atoms with E-state index in [-0.39, 0.29) is 11.7 Å². The molecule has 0 bridgehead atoms. The molecule has 0 amide bonds. The van der Waals surface area contributed by atoms with Gasteiger partial charge < -0.3 is 0 Å². The Labute approximate surface area is 127 Å². The van der Waals surface area contributed by atoms with Crippen LogP contribution in [0.1, 0.15) is 17.0 Å². The van der Waals surface area contributed by atoms with Crippen LogP contribution in [0.3, 0.4) is 0 Å². The molecule has 0 N–H and O–H groups in total. The highest BCUT2D eigenvalue weighted by molar-refractivity contribution is 6.32. The molecule has 0 radical (unpaired) electrons. The summed E-state index contributed by atoms with van der Waals surface area (Å²) >= 11 is 18.3. The Morgan fingerprint density at radius 3 is 2.37 bits per heavy atom. The minimum Gasteiger partial charge on any atom is -0.207 e. The summed E-state index contributed by atoms with van der Waals surface area (Å²) in [6.07, 6.45) is 0.631. The predicted octanol–water partition coefficient (Wildman–Crippen LogP) is 5.70. The van der Waals surface area contributed by atoms with E-state index < -0.39 is 0 Å². The number of hydrogen-bond donors (Lipinski definition) is 0. The van der Waals surface area contributed by atoms with Crippen LogP contribution in [-0.4, -0.2) is 5.88 Å². The highest BCUT2D eigenvalue weighted by Crippen LogP contribution is 2.30. The van der Waals surface area contributed by atoms with E-state index in [1.54, 1.807) is 6.07 Å². The first-order chi connectivity index (χ1) is 9.11. The Balaban J connectivity index is 2.27. The molecule has 2 aromatic rings. The zero-order valence-electron chi connectivity index (χ0n) is 10.0. The average Bonchev–Trinajstić information content (AvgIpc) is 2.39. The Hall–Kier alpha value is -0.760. The van der Waals surface area contributed by atoms with E-state index in [2.05, 4.69) is 0 Å². The Kier molecular flexibility index (Phi) is 5.09. The van der Waals surface area contributed by atoms with Gasteiger partial charge in [-0.2, -0.15) is 0 Å². The number of rotatable bonds is 4. The van der Waals surface area contributed by atoms with E-state index in [1.807, 2.05) is 24.3 Å². The van der Waals surface area contributed by atoms with Crippen molar-refractivity contribution in [2.24, 2.45) is 0 Å². The fraction of sp³-hybridized carbons (Fsp3) is 0.200. The lowest BCUT2D eigenvalue weighted by Crippen LogP contribution is -2.06. The van der Waals surface area contributed by atoms with Crippen LogP contribution < -0.4 is 0 Å². The third kappa shape index (κ3) is 3.62. The van der Waals surface area contributed by atoms with Gasteiger partial charge in [-0.3, -0.25) is 0 Å². The van der Waals surface area contributed by atoms with Gasteiger partial charge in [0.2, 0.25) is 0 Å². The molecular weight excluding hydrogens is 306 g/mol. The van der Waals surface area contributed by atoms with Gasteiger partial charge in [-0.15, -0.1) is 11.6 Å². The van der Waals surface area contributed by atoms with Crippen LogP contribution in [0.2, 0.25) is 10.0 Å². The number of hydrogen-bond acceptors (Lipinski definition) is 0. The summed E-state index contributed by atoms with van der Waals surface area (Å²) in [5.74, 6) is 0.143. The quantitative estimate of drug-likeness (QED) is 0.635. The molecule has 0 aliphatic heterocycles. The highest BCUT2D eigenvalue weighted by Gasteiger charge is 2.16. The lowest BCUT2D eigenvalue weighted by Gasteiger charge is -2.16. The highest BCUT2D eigenvalue weighted by atomic mass is 35.5. The second-order valence-corrected chi connectivity index (χ2v) is 5.44. The van der Waals surface area contributed by atoms with E-state index in [9.17, 15) is 4.39 Å². The maximum Gasteiger partial charge on any atom is 0.124 e. The number of halogens is 4. The van der Waals surface area contributed by atoms with Crippen molar-refractivity contribution in [1.29, 1.82) is 0 Å². The van der Waals surface area contributed by atoms with E-state index in [0.717, 1.165) is 11.1 Å². The van der Waals surface area contributed by atoms with Gasteiger partial charge in [0.05, 0.1) is 0 Å². The van der Waals surface area contributed by atoms with Crippen molar-refractivity contribution in [1.82, 2.24) is 0 Å². The Bertz CT molecular complexity index is 569. The maximum atomic E-state index is 13.0. The van der Waals surface area contributed by atoms with Gasteiger partial charge in [-0.25, -0.2) is 4.39 Å². The third-order valence-corrected chi connectivity index (χ3v) is 4.08. The first-order valence-electron chi connectivity index (χ1n) is 5.86. The molecule has 100 valence electrons. The van der Waals surface area contributed by atoms with Crippen LogP contribution >= 0.6 is 34.8 Å². The normalized spacial score (nSPS) is 12.4. The molecule has 4 heteroatoms. The van der Waals surface area contributed by atoms with Crippen molar-refractivity contribution >= 4 is 34.8 Å². The van der Waals surface area contributed by atoms with Gasteiger partial charge in [-0.05, 0) is 35.7 Å². The van der Waals surface area contributed by atoms with Crippen molar-refractivity contribution in [2.75, 3.05) is 5.88 Å². The van der Waals surface area contributed by atoms with Gasteiger partial charge >= 0.3 is 0 Å². The summed E-state index contributed by atoms with van der Waals surface area (Å²) in [5.41, 5.74) is 1.85. The summed E-state index contributed by atoms with van der Waals surface area (Å²) in [6.45, 7) is 0. The average molecular weight is 318 g/mol. The molecule has 2 aromatic carbocycles. The van der Waals surface area contributed by atoms with Crippen molar-refractivity contribution in [3.8, 4) is 0 Å². The molecule has 19 heavy (non-hydrogen) atoms. The van der Waals surface area contributed by atoms with E-state index in [0.29, 0.717) is 22.3 Å². The minimum atomic E-state index is -0.339. The van der Waals surface area contributed by atoms with E-state index in [1.165, 1.54) is 12.1 Å². The van der Waals surface area contributed by atoms with Gasteiger partial charge in [0.15, 0.2) is 0 Å². The smallest absolute Gasteiger partial charge is 0.124 e. The van der Waals surface area contributed by atoms with Gasteiger partial charge in [0, 0.05) is 21.8 Å². The third-order valence-electron chi connectivity index (χ3n) is 3.01. The molecule has 0 aromatic heterocycles. The lowest BCUT2D eigenvalue weighted by molar-refractivity contribution is 0.626. The molecular formula is C15H12Cl3F. The van der Waals surface area contributed by atoms with Crippen LogP contribution in [0.25, 0.3) is 0 Å². The summed E-state index contributed by atoms with van der Waals surface area (Å²) in [7, 11) is 0. The molecule has 2 rings (SSSR count). The van der Waals surface area contributed by atoms with Crippen LogP contribution in [0.15, 0.2) is 42.5 Å². The summed E-state index contributed by atoms with van der Waals surface area (Å²) < 4.78 is 13.0. The molecule has 0 nitrogen and oxygen atoms in total.